The lowest BCUT2D eigenvalue weighted by molar-refractivity contribution is -0.0432. The van der Waals surface area contributed by atoms with Crippen LogP contribution in [0.5, 0.6) is 0 Å². The van der Waals surface area contributed by atoms with Crippen molar-refractivity contribution < 1.29 is 14.2 Å². The molecule has 0 bridgehead atoms. The highest BCUT2D eigenvalue weighted by molar-refractivity contribution is 9.11. The van der Waals surface area contributed by atoms with Crippen molar-refractivity contribution in [2.24, 2.45) is 11.8 Å². The molecule has 0 aromatic heterocycles. The first kappa shape index (κ1) is 34.1. The van der Waals surface area contributed by atoms with E-state index in [9.17, 15) is 0 Å². The Bertz CT molecular complexity index is 993. The monoisotopic (exact) mass is 818 g/mol. The van der Waals surface area contributed by atoms with Gasteiger partial charge in [0.2, 0.25) is 0 Å². The second kappa shape index (κ2) is 16.5. The summed E-state index contributed by atoms with van der Waals surface area (Å²) in [6.07, 6.45) is 12.1. The number of epoxide rings is 2. The van der Waals surface area contributed by atoms with Crippen LogP contribution in [0.2, 0.25) is 0 Å². The SMILES string of the molecule is CC(C)CCCCCc1cc(Br)c(C(OC(c2c(Br)cc(CCCCCC(C)C)cc2Br)C2CO2)C2CO2)c(Br)c1. The predicted octanol–water partition coefficient (Wildman–Crippen LogP) is 11.9. The molecule has 4 unspecified atom stereocenters. The maximum Gasteiger partial charge on any atom is 0.114 e. The minimum absolute atomic E-state index is 0.0356. The Hall–Kier alpha value is 0.240. The molecule has 0 amide bonds. The molecule has 0 aliphatic carbocycles. The third kappa shape index (κ3) is 10.7. The highest BCUT2D eigenvalue weighted by Gasteiger charge is 2.44. The molecule has 2 aromatic carbocycles. The van der Waals surface area contributed by atoms with E-state index in [4.69, 9.17) is 14.2 Å². The average molecular weight is 822 g/mol. The Morgan fingerprint density at radius 1 is 0.610 bits per heavy atom. The smallest absolute Gasteiger partial charge is 0.114 e. The van der Waals surface area contributed by atoms with Crippen LogP contribution >= 0.6 is 63.7 Å². The topological polar surface area (TPSA) is 34.3 Å². The van der Waals surface area contributed by atoms with Gasteiger partial charge in [-0.2, -0.15) is 0 Å². The standard InChI is InChI=1S/C34H46Br4O3/c1-21(2)11-7-5-9-13-23-15-25(35)31(26(36)16-23)33(29-19-39-29)41-34(30-20-40-30)32-27(37)17-24(18-28(32)38)14-10-6-8-12-22(3)4/h15-18,21-22,29-30,33-34H,5-14,19-20H2,1-4H3. The molecule has 2 aliphatic rings. The first-order valence-corrected chi connectivity index (χ1v) is 18.7. The van der Waals surface area contributed by atoms with E-state index in [1.165, 1.54) is 62.5 Å². The number of halogens is 4. The van der Waals surface area contributed by atoms with E-state index in [-0.39, 0.29) is 24.4 Å². The molecule has 41 heavy (non-hydrogen) atoms. The van der Waals surface area contributed by atoms with E-state index in [1.807, 2.05) is 0 Å². The molecule has 2 fully saturated rings. The Morgan fingerprint density at radius 3 is 1.24 bits per heavy atom. The summed E-state index contributed by atoms with van der Waals surface area (Å²) in [5.41, 5.74) is 4.93. The molecule has 0 radical (unpaired) electrons. The number of hydrogen-bond donors (Lipinski definition) is 0. The molecule has 2 aromatic rings. The normalized spacial score (nSPS) is 19.7. The third-order valence-electron chi connectivity index (χ3n) is 8.03. The van der Waals surface area contributed by atoms with Gasteiger partial charge in [0, 0.05) is 29.0 Å². The largest absolute Gasteiger partial charge is 0.370 e. The van der Waals surface area contributed by atoms with E-state index in [0.29, 0.717) is 13.2 Å². The number of unbranched alkanes of at least 4 members (excludes halogenated alkanes) is 4. The average Bonchev–Trinajstić information content (AvgIpc) is 3.79. The third-order valence-corrected chi connectivity index (χ3v) is 10.7. The van der Waals surface area contributed by atoms with Crippen molar-refractivity contribution in [3.63, 3.8) is 0 Å². The summed E-state index contributed by atoms with van der Waals surface area (Å²) in [6.45, 7) is 10.6. The minimum atomic E-state index is -0.201. The van der Waals surface area contributed by atoms with Crippen LogP contribution in [0, 0.1) is 11.8 Å². The fourth-order valence-electron chi connectivity index (χ4n) is 5.52. The Labute approximate surface area is 281 Å². The molecule has 3 nitrogen and oxygen atoms in total. The fraction of sp³-hybridized carbons (Fsp3) is 0.647. The van der Waals surface area contributed by atoms with Crippen LogP contribution in [0.25, 0.3) is 0 Å². The van der Waals surface area contributed by atoms with Gasteiger partial charge in [-0.1, -0.05) is 130 Å². The van der Waals surface area contributed by atoms with Gasteiger partial charge in [0.1, 0.15) is 24.4 Å². The van der Waals surface area contributed by atoms with Crippen LogP contribution in [0.15, 0.2) is 42.2 Å². The molecule has 0 spiro atoms. The molecule has 0 N–H and O–H groups in total. The lowest BCUT2D eigenvalue weighted by Gasteiger charge is -2.27. The second-order valence-electron chi connectivity index (χ2n) is 12.7. The second-order valence-corrected chi connectivity index (χ2v) is 16.1. The van der Waals surface area contributed by atoms with E-state index in [2.05, 4.69) is 116 Å². The van der Waals surface area contributed by atoms with Gasteiger partial charge >= 0.3 is 0 Å². The van der Waals surface area contributed by atoms with Crippen LogP contribution in [-0.4, -0.2) is 25.4 Å². The van der Waals surface area contributed by atoms with E-state index in [1.54, 1.807) is 0 Å². The quantitative estimate of drug-likeness (QED) is 0.111. The van der Waals surface area contributed by atoms with Crippen molar-refractivity contribution in [2.75, 3.05) is 13.2 Å². The van der Waals surface area contributed by atoms with Crippen molar-refractivity contribution in [1.29, 1.82) is 0 Å². The Morgan fingerprint density at radius 2 is 0.951 bits per heavy atom. The molecule has 7 heteroatoms. The maximum atomic E-state index is 6.97. The highest BCUT2D eigenvalue weighted by atomic mass is 79.9. The number of hydrogen-bond acceptors (Lipinski definition) is 3. The summed E-state index contributed by atoms with van der Waals surface area (Å²) in [5, 5.41) is 0. The Kier molecular flexibility index (Phi) is 13.7. The van der Waals surface area contributed by atoms with E-state index in [0.717, 1.165) is 53.7 Å². The zero-order valence-electron chi connectivity index (χ0n) is 25.0. The highest BCUT2D eigenvalue weighted by Crippen LogP contribution is 2.47. The van der Waals surface area contributed by atoms with Gasteiger partial charge in [-0.05, 0) is 72.9 Å². The molecule has 228 valence electrons. The summed E-state index contributed by atoms with van der Waals surface area (Å²) in [7, 11) is 0. The summed E-state index contributed by atoms with van der Waals surface area (Å²) in [4.78, 5) is 0. The number of benzene rings is 2. The van der Waals surface area contributed by atoms with Crippen molar-refractivity contribution in [1.82, 2.24) is 0 Å². The van der Waals surface area contributed by atoms with Crippen molar-refractivity contribution in [2.45, 2.75) is 116 Å². The minimum Gasteiger partial charge on any atom is -0.370 e. The number of ether oxygens (including phenoxy) is 3. The first-order chi connectivity index (χ1) is 19.6. The molecular formula is C34H46Br4O3. The van der Waals surface area contributed by atoms with E-state index < -0.39 is 0 Å². The summed E-state index contributed by atoms with van der Waals surface area (Å²) in [5.74, 6) is 1.57. The molecule has 2 heterocycles. The first-order valence-electron chi connectivity index (χ1n) is 15.5. The van der Waals surface area contributed by atoms with E-state index >= 15 is 0 Å². The van der Waals surface area contributed by atoms with Gasteiger partial charge in [0.15, 0.2) is 0 Å². The van der Waals surface area contributed by atoms with Crippen LogP contribution in [0.1, 0.15) is 114 Å². The molecular weight excluding hydrogens is 776 g/mol. The lowest BCUT2D eigenvalue weighted by atomic mass is 9.98. The van der Waals surface area contributed by atoms with Gasteiger partial charge in [-0.25, -0.2) is 0 Å². The van der Waals surface area contributed by atoms with Crippen LogP contribution in [0.4, 0.5) is 0 Å². The fourth-order valence-corrected chi connectivity index (χ4v) is 8.99. The molecule has 2 saturated heterocycles. The van der Waals surface area contributed by atoms with Gasteiger partial charge in [-0.3, -0.25) is 0 Å². The zero-order valence-corrected chi connectivity index (χ0v) is 31.3. The predicted molar refractivity (Wildman–Crippen MR) is 184 cm³/mol. The molecule has 4 atom stereocenters. The molecule has 2 aliphatic heterocycles. The van der Waals surface area contributed by atoms with Crippen molar-refractivity contribution in [3.8, 4) is 0 Å². The van der Waals surface area contributed by atoms with Crippen LogP contribution < -0.4 is 0 Å². The maximum absolute atomic E-state index is 6.97. The molecule has 4 rings (SSSR count). The summed E-state index contributed by atoms with van der Waals surface area (Å²) in [6, 6.07) is 9.08. The zero-order chi connectivity index (χ0) is 29.5. The number of aryl methyl sites for hydroxylation is 2. The Balaban J connectivity index is 1.46. The van der Waals surface area contributed by atoms with Crippen LogP contribution in [-0.2, 0) is 27.1 Å². The van der Waals surface area contributed by atoms with Crippen molar-refractivity contribution >= 4 is 63.7 Å². The lowest BCUT2D eigenvalue weighted by Crippen LogP contribution is -2.21. The number of rotatable bonds is 18. The van der Waals surface area contributed by atoms with Crippen molar-refractivity contribution in [3.05, 3.63) is 64.4 Å². The summed E-state index contributed by atoms with van der Waals surface area (Å²) < 4.78 is 23.0. The van der Waals surface area contributed by atoms with Crippen LogP contribution in [0.3, 0.4) is 0 Å². The summed E-state index contributed by atoms with van der Waals surface area (Å²) >= 11 is 15.6. The van der Waals surface area contributed by atoms with Gasteiger partial charge in [0.25, 0.3) is 0 Å². The molecule has 0 saturated carbocycles. The van der Waals surface area contributed by atoms with Gasteiger partial charge < -0.3 is 14.2 Å². The van der Waals surface area contributed by atoms with Gasteiger partial charge in [0.05, 0.1) is 13.2 Å². The van der Waals surface area contributed by atoms with Gasteiger partial charge in [-0.15, -0.1) is 0 Å².